The van der Waals surface area contributed by atoms with Crippen LogP contribution < -0.4 is 5.48 Å². The number of halogens is 3. The fourth-order valence-electron chi connectivity index (χ4n) is 0.924. The molecular weight excluding hydrogens is 231 g/mol. The second-order valence-electron chi connectivity index (χ2n) is 2.81. The zero-order chi connectivity index (χ0) is 12.2. The standard InChI is InChI=1S/C8H8F3NO4/c9-8(10,11)4-16-12-3-5-1-2-15-6(5)7(13)14/h1-2,12H,3-4H2,(H,13,14). The molecule has 0 aliphatic carbocycles. The van der Waals surface area contributed by atoms with E-state index >= 15 is 0 Å². The highest BCUT2D eigenvalue weighted by molar-refractivity contribution is 5.86. The third kappa shape index (κ3) is 3.91. The van der Waals surface area contributed by atoms with E-state index in [4.69, 9.17) is 5.11 Å². The molecule has 0 fully saturated rings. The Kier molecular flexibility index (Phi) is 3.91. The third-order valence-electron chi connectivity index (χ3n) is 1.54. The maximum absolute atomic E-state index is 11.7. The molecule has 8 heteroatoms. The predicted octanol–water partition coefficient (Wildman–Crippen LogP) is 1.56. The number of furan rings is 1. The van der Waals surface area contributed by atoms with Gasteiger partial charge in [0.15, 0.2) is 6.61 Å². The zero-order valence-corrected chi connectivity index (χ0v) is 7.87. The Bertz CT molecular complexity index is 360. The van der Waals surface area contributed by atoms with Gasteiger partial charge in [-0.3, -0.25) is 4.84 Å². The first-order valence-electron chi connectivity index (χ1n) is 4.11. The molecule has 0 saturated carbocycles. The number of hydroxylamine groups is 1. The summed E-state index contributed by atoms with van der Waals surface area (Å²) in [5.74, 6) is -1.62. The monoisotopic (exact) mass is 239 g/mol. The van der Waals surface area contributed by atoms with Gasteiger partial charge >= 0.3 is 12.1 Å². The Morgan fingerprint density at radius 2 is 2.25 bits per heavy atom. The number of hydrogen-bond acceptors (Lipinski definition) is 4. The van der Waals surface area contributed by atoms with E-state index < -0.39 is 18.8 Å². The molecule has 0 saturated heterocycles. The number of nitrogens with one attached hydrogen (secondary N) is 1. The van der Waals surface area contributed by atoms with Gasteiger partial charge in [0.1, 0.15) is 0 Å². The molecule has 1 aromatic rings. The van der Waals surface area contributed by atoms with E-state index in [2.05, 4.69) is 9.25 Å². The van der Waals surface area contributed by atoms with Gasteiger partial charge in [-0.1, -0.05) is 0 Å². The fourth-order valence-corrected chi connectivity index (χ4v) is 0.924. The summed E-state index contributed by atoms with van der Waals surface area (Å²) in [7, 11) is 0. The Morgan fingerprint density at radius 3 is 2.81 bits per heavy atom. The van der Waals surface area contributed by atoms with Crippen molar-refractivity contribution in [3.8, 4) is 0 Å². The lowest BCUT2D eigenvalue weighted by molar-refractivity contribution is -0.190. The predicted molar refractivity (Wildman–Crippen MR) is 44.5 cm³/mol. The van der Waals surface area contributed by atoms with Gasteiger partial charge in [0.25, 0.3) is 0 Å². The van der Waals surface area contributed by atoms with Crippen molar-refractivity contribution in [1.29, 1.82) is 0 Å². The Hall–Kier alpha value is -1.54. The van der Waals surface area contributed by atoms with E-state index in [0.717, 1.165) is 6.26 Å². The molecule has 1 heterocycles. The van der Waals surface area contributed by atoms with Crippen LogP contribution in [0.15, 0.2) is 16.7 Å². The molecular formula is C8H8F3NO4. The molecule has 1 rings (SSSR count). The van der Waals surface area contributed by atoms with Gasteiger partial charge in [-0.25, -0.2) is 4.79 Å². The van der Waals surface area contributed by atoms with Crippen LogP contribution in [0.4, 0.5) is 13.2 Å². The summed E-state index contributed by atoms with van der Waals surface area (Å²) < 4.78 is 39.6. The number of rotatable bonds is 5. The molecule has 0 amide bonds. The number of carbonyl (C=O) groups is 1. The fraction of sp³-hybridized carbons (Fsp3) is 0.375. The van der Waals surface area contributed by atoms with Crippen molar-refractivity contribution in [3.05, 3.63) is 23.7 Å². The number of carboxylic acid groups (broad SMARTS) is 1. The minimum atomic E-state index is -4.43. The van der Waals surface area contributed by atoms with Crippen LogP contribution in [0.25, 0.3) is 0 Å². The summed E-state index contributed by atoms with van der Waals surface area (Å²) in [6, 6.07) is 1.33. The second kappa shape index (κ2) is 4.99. The normalized spacial score (nSPS) is 11.7. The highest BCUT2D eigenvalue weighted by Gasteiger charge is 2.27. The van der Waals surface area contributed by atoms with Crippen molar-refractivity contribution in [2.75, 3.05) is 6.61 Å². The quantitative estimate of drug-likeness (QED) is 0.602. The molecule has 0 aliphatic rings. The lowest BCUT2D eigenvalue weighted by Gasteiger charge is -2.07. The van der Waals surface area contributed by atoms with Gasteiger partial charge in [-0.15, -0.1) is 0 Å². The minimum absolute atomic E-state index is 0.186. The first-order valence-corrected chi connectivity index (χ1v) is 4.11. The van der Waals surface area contributed by atoms with Crippen molar-refractivity contribution in [1.82, 2.24) is 5.48 Å². The summed E-state index contributed by atoms with van der Waals surface area (Å²) in [6.07, 6.45) is -3.30. The Labute approximate surface area is 87.8 Å². The molecule has 16 heavy (non-hydrogen) atoms. The SMILES string of the molecule is O=C(O)c1occc1CNOCC(F)(F)F. The van der Waals surface area contributed by atoms with Gasteiger partial charge in [0.05, 0.1) is 12.8 Å². The lowest BCUT2D eigenvalue weighted by atomic mass is 10.2. The van der Waals surface area contributed by atoms with Crippen molar-refractivity contribution < 1.29 is 32.3 Å². The van der Waals surface area contributed by atoms with Gasteiger partial charge in [0.2, 0.25) is 5.76 Å². The summed E-state index contributed by atoms with van der Waals surface area (Å²) in [4.78, 5) is 14.6. The van der Waals surface area contributed by atoms with E-state index in [1.165, 1.54) is 6.07 Å². The molecule has 5 nitrogen and oxygen atoms in total. The number of aromatic carboxylic acids is 1. The maximum Gasteiger partial charge on any atom is 0.413 e. The highest BCUT2D eigenvalue weighted by atomic mass is 19.4. The van der Waals surface area contributed by atoms with Crippen molar-refractivity contribution in [3.63, 3.8) is 0 Å². The average Bonchev–Trinajstić information content (AvgIpc) is 2.58. The van der Waals surface area contributed by atoms with Crippen LogP contribution in [0.5, 0.6) is 0 Å². The molecule has 1 aromatic heterocycles. The Morgan fingerprint density at radius 1 is 1.56 bits per heavy atom. The van der Waals surface area contributed by atoms with Gasteiger partial charge in [-0.2, -0.15) is 18.7 Å². The van der Waals surface area contributed by atoms with Crippen LogP contribution in [0, 0.1) is 0 Å². The van der Waals surface area contributed by atoms with Crippen LogP contribution in [-0.2, 0) is 11.4 Å². The summed E-state index contributed by atoms with van der Waals surface area (Å²) in [5, 5.41) is 8.60. The molecule has 2 N–H and O–H groups in total. The van der Waals surface area contributed by atoms with E-state index in [0.29, 0.717) is 0 Å². The van der Waals surface area contributed by atoms with Gasteiger partial charge in [0, 0.05) is 5.56 Å². The summed E-state index contributed by atoms with van der Waals surface area (Å²) >= 11 is 0. The van der Waals surface area contributed by atoms with E-state index in [9.17, 15) is 18.0 Å². The van der Waals surface area contributed by atoms with Crippen LogP contribution in [0.2, 0.25) is 0 Å². The largest absolute Gasteiger partial charge is 0.475 e. The van der Waals surface area contributed by atoms with Crippen molar-refractivity contribution in [2.24, 2.45) is 0 Å². The molecule has 0 unspecified atom stereocenters. The van der Waals surface area contributed by atoms with E-state index in [1.54, 1.807) is 0 Å². The number of alkyl halides is 3. The molecule has 0 aliphatic heterocycles. The second-order valence-corrected chi connectivity index (χ2v) is 2.81. The van der Waals surface area contributed by atoms with E-state index in [-0.39, 0.29) is 17.9 Å². The Balaban J connectivity index is 2.38. The first-order chi connectivity index (χ1) is 7.40. The third-order valence-corrected chi connectivity index (χ3v) is 1.54. The zero-order valence-electron chi connectivity index (χ0n) is 7.87. The minimum Gasteiger partial charge on any atom is -0.475 e. The number of carboxylic acids is 1. The van der Waals surface area contributed by atoms with Crippen LogP contribution >= 0.6 is 0 Å². The highest BCUT2D eigenvalue weighted by Crippen LogP contribution is 2.14. The smallest absolute Gasteiger partial charge is 0.413 e. The van der Waals surface area contributed by atoms with Crippen molar-refractivity contribution >= 4 is 5.97 Å². The van der Waals surface area contributed by atoms with Crippen molar-refractivity contribution in [2.45, 2.75) is 12.7 Å². The maximum atomic E-state index is 11.7. The molecule has 0 atom stereocenters. The average molecular weight is 239 g/mol. The number of hydrogen-bond donors (Lipinski definition) is 2. The summed E-state index contributed by atoms with van der Waals surface area (Å²) in [6.45, 7) is -1.64. The first kappa shape index (κ1) is 12.5. The topological polar surface area (TPSA) is 71.7 Å². The van der Waals surface area contributed by atoms with Crippen LogP contribution in [0.3, 0.4) is 0 Å². The van der Waals surface area contributed by atoms with Crippen LogP contribution in [0.1, 0.15) is 16.1 Å². The molecule has 0 bridgehead atoms. The molecule has 0 aromatic carbocycles. The molecule has 90 valence electrons. The summed E-state index contributed by atoms with van der Waals surface area (Å²) in [5.41, 5.74) is 2.20. The van der Waals surface area contributed by atoms with Crippen LogP contribution in [-0.4, -0.2) is 23.9 Å². The van der Waals surface area contributed by atoms with E-state index in [1.807, 2.05) is 5.48 Å². The molecule has 0 radical (unpaired) electrons. The molecule has 0 spiro atoms. The van der Waals surface area contributed by atoms with Gasteiger partial charge in [-0.05, 0) is 6.07 Å². The van der Waals surface area contributed by atoms with Gasteiger partial charge < -0.3 is 9.52 Å². The lowest BCUT2D eigenvalue weighted by Crippen LogP contribution is -2.24.